The SMILES string of the molecule is C#CCOc1ccc(CCNC(=O)C(COc2ccc(F)cc2)OC)cc1OC. The van der Waals surface area contributed by atoms with Crippen LogP contribution in [0.4, 0.5) is 4.39 Å². The molecule has 1 N–H and O–H groups in total. The minimum absolute atomic E-state index is 0.0169. The Morgan fingerprint density at radius 3 is 2.55 bits per heavy atom. The zero-order chi connectivity index (χ0) is 21.1. The number of carbonyl (C=O) groups excluding carboxylic acids is 1. The number of rotatable bonds is 11. The molecular weight excluding hydrogens is 377 g/mol. The smallest absolute Gasteiger partial charge is 0.252 e. The molecule has 2 aromatic carbocycles. The van der Waals surface area contributed by atoms with E-state index in [1.165, 1.54) is 31.4 Å². The summed E-state index contributed by atoms with van der Waals surface area (Å²) in [6, 6.07) is 11.1. The molecule has 154 valence electrons. The van der Waals surface area contributed by atoms with Crippen molar-refractivity contribution in [3.05, 3.63) is 53.8 Å². The minimum Gasteiger partial charge on any atom is -0.493 e. The Morgan fingerprint density at radius 1 is 1.14 bits per heavy atom. The van der Waals surface area contributed by atoms with Crippen molar-refractivity contribution in [3.63, 3.8) is 0 Å². The van der Waals surface area contributed by atoms with E-state index in [1.807, 2.05) is 12.1 Å². The molecule has 0 radical (unpaired) electrons. The van der Waals surface area contributed by atoms with Crippen molar-refractivity contribution in [2.45, 2.75) is 12.5 Å². The van der Waals surface area contributed by atoms with Crippen LogP contribution in [-0.2, 0) is 16.0 Å². The average Bonchev–Trinajstić information content (AvgIpc) is 2.74. The minimum atomic E-state index is -0.783. The van der Waals surface area contributed by atoms with Crippen molar-refractivity contribution >= 4 is 5.91 Å². The van der Waals surface area contributed by atoms with Crippen molar-refractivity contribution in [1.82, 2.24) is 5.32 Å². The summed E-state index contributed by atoms with van der Waals surface area (Å²) in [7, 11) is 2.98. The van der Waals surface area contributed by atoms with Gasteiger partial charge in [0.15, 0.2) is 17.6 Å². The van der Waals surface area contributed by atoms with Crippen LogP contribution in [0, 0.1) is 18.2 Å². The number of hydrogen-bond donors (Lipinski definition) is 1. The van der Waals surface area contributed by atoms with Gasteiger partial charge in [0.25, 0.3) is 5.91 Å². The number of methoxy groups -OCH3 is 2. The van der Waals surface area contributed by atoms with Gasteiger partial charge in [-0.05, 0) is 48.4 Å². The second-order valence-corrected chi connectivity index (χ2v) is 6.01. The van der Waals surface area contributed by atoms with Crippen LogP contribution in [0.2, 0.25) is 0 Å². The van der Waals surface area contributed by atoms with E-state index in [-0.39, 0.29) is 24.9 Å². The Labute approximate surface area is 169 Å². The van der Waals surface area contributed by atoms with Gasteiger partial charge in [0, 0.05) is 13.7 Å². The van der Waals surface area contributed by atoms with E-state index >= 15 is 0 Å². The van der Waals surface area contributed by atoms with Crippen LogP contribution < -0.4 is 19.5 Å². The molecule has 1 amide bonds. The molecule has 0 saturated carbocycles. The molecule has 1 atom stereocenters. The molecule has 2 aromatic rings. The van der Waals surface area contributed by atoms with Gasteiger partial charge in [0.2, 0.25) is 0 Å². The predicted octanol–water partition coefficient (Wildman–Crippen LogP) is 2.60. The highest BCUT2D eigenvalue weighted by Crippen LogP contribution is 2.28. The van der Waals surface area contributed by atoms with E-state index < -0.39 is 6.10 Å². The van der Waals surface area contributed by atoms with Gasteiger partial charge in [0.1, 0.15) is 24.8 Å². The second kappa shape index (κ2) is 11.6. The highest BCUT2D eigenvalue weighted by Gasteiger charge is 2.18. The van der Waals surface area contributed by atoms with Crippen molar-refractivity contribution < 1.29 is 28.1 Å². The van der Waals surface area contributed by atoms with Gasteiger partial charge >= 0.3 is 0 Å². The summed E-state index contributed by atoms with van der Waals surface area (Å²) in [5.74, 6) is 3.35. The topological polar surface area (TPSA) is 66.0 Å². The largest absolute Gasteiger partial charge is 0.493 e. The van der Waals surface area contributed by atoms with Crippen molar-refractivity contribution in [2.75, 3.05) is 34.0 Å². The van der Waals surface area contributed by atoms with Crippen molar-refractivity contribution in [2.24, 2.45) is 0 Å². The molecule has 1 unspecified atom stereocenters. The number of carbonyl (C=O) groups is 1. The summed E-state index contributed by atoms with van der Waals surface area (Å²) in [4.78, 5) is 12.3. The molecule has 7 heteroatoms. The fraction of sp³-hybridized carbons (Fsp3) is 0.318. The number of benzene rings is 2. The molecule has 0 fully saturated rings. The third-order valence-electron chi connectivity index (χ3n) is 4.04. The average molecular weight is 401 g/mol. The summed E-state index contributed by atoms with van der Waals surface area (Å²) in [5.41, 5.74) is 0.965. The maximum atomic E-state index is 12.9. The van der Waals surface area contributed by atoms with E-state index in [2.05, 4.69) is 11.2 Å². The van der Waals surface area contributed by atoms with Gasteiger partial charge in [-0.15, -0.1) is 6.42 Å². The maximum absolute atomic E-state index is 12.9. The third kappa shape index (κ3) is 7.01. The molecule has 0 aliphatic heterocycles. The van der Waals surface area contributed by atoms with Crippen LogP contribution >= 0.6 is 0 Å². The third-order valence-corrected chi connectivity index (χ3v) is 4.04. The molecule has 0 bridgehead atoms. The molecule has 2 rings (SSSR count). The fourth-order valence-corrected chi connectivity index (χ4v) is 2.50. The standard InChI is InChI=1S/C22H24FNO5/c1-4-13-28-19-10-5-16(14-20(19)26-2)11-12-24-22(25)21(27-3)15-29-18-8-6-17(23)7-9-18/h1,5-10,14,21H,11-13,15H2,2-3H3,(H,24,25). The maximum Gasteiger partial charge on any atom is 0.252 e. The van der Waals surface area contributed by atoms with Crippen molar-refractivity contribution in [1.29, 1.82) is 0 Å². The number of nitrogens with one attached hydrogen (secondary N) is 1. The lowest BCUT2D eigenvalue weighted by molar-refractivity contribution is -0.132. The fourth-order valence-electron chi connectivity index (χ4n) is 2.50. The van der Waals surface area contributed by atoms with Crippen LogP contribution in [0.25, 0.3) is 0 Å². The number of hydrogen-bond acceptors (Lipinski definition) is 5. The lowest BCUT2D eigenvalue weighted by Gasteiger charge is -2.16. The normalized spacial score (nSPS) is 11.2. The van der Waals surface area contributed by atoms with Crippen LogP contribution in [0.1, 0.15) is 5.56 Å². The monoisotopic (exact) mass is 401 g/mol. The van der Waals surface area contributed by atoms with Gasteiger partial charge in [-0.2, -0.15) is 0 Å². The van der Waals surface area contributed by atoms with Gasteiger partial charge in [-0.3, -0.25) is 4.79 Å². The predicted molar refractivity (Wildman–Crippen MR) is 107 cm³/mol. The molecule has 6 nitrogen and oxygen atoms in total. The number of ether oxygens (including phenoxy) is 4. The van der Waals surface area contributed by atoms with Crippen LogP contribution in [-0.4, -0.2) is 46.0 Å². The number of amides is 1. The zero-order valence-electron chi connectivity index (χ0n) is 16.4. The quantitative estimate of drug-likeness (QED) is 0.587. The van der Waals surface area contributed by atoms with Gasteiger partial charge in [-0.25, -0.2) is 4.39 Å². The van der Waals surface area contributed by atoms with Crippen molar-refractivity contribution in [3.8, 4) is 29.6 Å². The molecule has 0 saturated heterocycles. The van der Waals surface area contributed by atoms with Crippen LogP contribution in [0.15, 0.2) is 42.5 Å². The van der Waals surface area contributed by atoms with E-state index in [4.69, 9.17) is 25.4 Å². The van der Waals surface area contributed by atoms with Gasteiger partial charge in [-0.1, -0.05) is 12.0 Å². The lowest BCUT2D eigenvalue weighted by atomic mass is 10.1. The summed E-state index contributed by atoms with van der Waals surface area (Å²) in [6.07, 6.45) is 5.00. The molecule has 0 aromatic heterocycles. The van der Waals surface area contributed by atoms with Crippen LogP contribution in [0.3, 0.4) is 0 Å². The first-order valence-electron chi connectivity index (χ1n) is 8.99. The van der Waals surface area contributed by atoms with E-state index in [1.54, 1.807) is 13.2 Å². The first kappa shape index (κ1) is 22.1. The molecule has 0 spiro atoms. The first-order chi connectivity index (χ1) is 14.1. The Balaban J connectivity index is 1.82. The van der Waals surface area contributed by atoms with E-state index in [9.17, 15) is 9.18 Å². The second-order valence-electron chi connectivity index (χ2n) is 6.01. The highest BCUT2D eigenvalue weighted by molar-refractivity contribution is 5.80. The molecule has 0 heterocycles. The molecule has 29 heavy (non-hydrogen) atoms. The summed E-state index contributed by atoms with van der Waals surface area (Å²) < 4.78 is 34.3. The van der Waals surface area contributed by atoms with E-state index in [0.717, 1.165) is 5.56 Å². The van der Waals surface area contributed by atoms with Crippen LogP contribution in [0.5, 0.6) is 17.2 Å². The summed E-state index contributed by atoms with van der Waals surface area (Å²) in [5, 5.41) is 2.81. The summed E-state index contributed by atoms with van der Waals surface area (Å²) in [6.45, 7) is 0.579. The molecular formula is C22H24FNO5. The molecule has 0 aliphatic carbocycles. The Hall–Kier alpha value is -3.24. The number of terminal acetylenes is 1. The van der Waals surface area contributed by atoms with E-state index in [0.29, 0.717) is 30.2 Å². The van der Waals surface area contributed by atoms with Gasteiger partial charge in [0.05, 0.1) is 7.11 Å². The lowest BCUT2D eigenvalue weighted by Crippen LogP contribution is -2.40. The Bertz CT molecular complexity index is 832. The highest BCUT2D eigenvalue weighted by atomic mass is 19.1. The Kier molecular flexibility index (Phi) is 8.80. The zero-order valence-corrected chi connectivity index (χ0v) is 16.4. The molecule has 0 aliphatic rings. The first-order valence-corrected chi connectivity index (χ1v) is 8.99. The summed E-state index contributed by atoms with van der Waals surface area (Å²) >= 11 is 0. The van der Waals surface area contributed by atoms with Gasteiger partial charge < -0.3 is 24.3 Å². The number of halogens is 1. The Morgan fingerprint density at radius 2 is 1.90 bits per heavy atom.